The number of hydrogen-bond donors (Lipinski definition) is 0. The molecule has 0 atom stereocenters. The van der Waals surface area contributed by atoms with E-state index >= 15 is 0 Å². The summed E-state index contributed by atoms with van der Waals surface area (Å²) in [5.74, 6) is 1.94. The van der Waals surface area contributed by atoms with Crippen molar-refractivity contribution in [2.24, 2.45) is 0 Å². The smallest absolute Gasteiger partial charge is 0.164 e. The van der Waals surface area contributed by atoms with Crippen LogP contribution in [0.1, 0.15) is 0 Å². The third kappa shape index (κ3) is 4.43. The van der Waals surface area contributed by atoms with Crippen LogP contribution >= 0.6 is 0 Å². The minimum Gasteiger partial charge on any atom is -0.308 e. The molecule has 4 heteroatoms. The lowest BCUT2D eigenvalue weighted by Gasteiger charge is -2.16. The van der Waals surface area contributed by atoms with E-state index in [2.05, 4.69) is 168 Å². The summed E-state index contributed by atoms with van der Waals surface area (Å²) < 4.78 is 2.44. The number of fused-ring (bicyclic) bond motifs is 9. The van der Waals surface area contributed by atoms with Crippen LogP contribution in [0.4, 0.5) is 0 Å². The highest BCUT2D eigenvalue weighted by Gasteiger charge is 2.24. The van der Waals surface area contributed by atoms with E-state index < -0.39 is 0 Å². The van der Waals surface area contributed by atoms with E-state index in [4.69, 9.17) is 15.0 Å². The number of nitrogens with zero attached hydrogens (tertiary/aromatic N) is 4. The van der Waals surface area contributed by atoms with Crippen molar-refractivity contribution in [3.05, 3.63) is 182 Å². The van der Waals surface area contributed by atoms with Gasteiger partial charge in [-0.1, -0.05) is 152 Å². The zero-order valence-corrected chi connectivity index (χ0v) is 29.6. The molecule has 9 aromatic carbocycles. The summed E-state index contributed by atoms with van der Waals surface area (Å²) in [6.07, 6.45) is 0. The van der Waals surface area contributed by atoms with Crippen molar-refractivity contribution in [1.82, 2.24) is 19.5 Å². The summed E-state index contributed by atoms with van der Waals surface area (Å²) in [4.78, 5) is 15.7. The molecular formula is C51H30N4. The van der Waals surface area contributed by atoms with Gasteiger partial charge in [-0.05, 0) is 74.1 Å². The molecular weight excluding hydrogens is 669 g/mol. The number of hydrogen-bond acceptors (Lipinski definition) is 3. The number of para-hydroxylation sites is 1. The SMILES string of the molecule is c1ccc(-c2nc(-c3cc4c5c(cccc5c3)-c3ccccc3-4)nc(-c3ccc(-n4c5ccccc5c5ccc6ccccc6c54)c4ccccc34)n2)cc1. The van der Waals surface area contributed by atoms with Crippen LogP contribution in [0.2, 0.25) is 0 Å². The standard InChI is InChI=1S/C51H30N4/c1-2-14-32(15-3-1)49-52-50(34-29-33-16-12-23-41-36-18-6-7-19-37(36)44(30-34)47(33)41)54-51(53-49)43-27-28-46(39-21-9-8-20-38(39)43)55-45-24-11-10-22-40(45)42-26-25-31-13-4-5-17-35(31)48(42)55/h1-30H. The van der Waals surface area contributed by atoms with E-state index in [0.29, 0.717) is 17.5 Å². The lowest BCUT2D eigenvalue weighted by molar-refractivity contribution is 1.08. The van der Waals surface area contributed by atoms with Gasteiger partial charge in [0.25, 0.3) is 0 Å². The van der Waals surface area contributed by atoms with E-state index in [1.165, 1.54) is 65.6 Å². The molecule has 12 rings (SSSR count). The van der Waals surface area contributed by atoms with Crippen LogP contribution in [0.5, 0.6) is 0 Å². The predicted molar refractivity (Wildman–Crippen MR) is 227 cm³/mol. The molecule has 55 heavy (non-hydrogen) atoms. The maximum Gasteiger partial charge on any atom is 0.164 e. The van der Waals surface area contributed by atoms with Gasteiger partial charge in [-0.15, -0.1) is 0 Å². The minimum absolute atomic E-state index is 0.643. The summed E-state index contributed by atoms with van der Waals surface area (Å²) in [6, 6.07) is 65.0. The van der Waals surface area contributed by atoms with Gasteiger partial charge in [-0.3, -0.25) is 0 Å². The van der Waals surface area contributed by atoms with E-state index in [1.54, 1.807) is 0 Å². The van der Waals surface area contributed by atoms with Gasteiger partial charge in [0, 0.05) is 38.2 Å². The van der Waals surface area contributed by atoms with Crippen molar-refractivity contribution in [2.75, 3.05) is 0 Å². The number of benzene rings is 9. The molecule has 0 saturated carbocycles. The molecule has 0 fully saturated rings. The van der Waals surface area contributed by atoms with Crippen molar-refractivity contribution in [3.8, 4) is 62.1 Å². The second-order valence-electron chi connectivity index (χ2n) is 14.4. The first-order valence-electron chi connectivity index (χ1n) is 18.7. The molecule has 0 N–H and O–H groups in total. The molecule has 4 nitrogen and oxygen atoms in total. The van der Waals surface area contributed by atoms with Crippen molar-refractivity contribution >= 4 is 54.1 Å². The van der Waals surface area contributed by atoms with E-state index in [0.717, 1.165) is 33.2 Å². The fourth-order valence-electron chi connectivity index (χ4n) is 8.94. The Bertz CT molecular complexity index is 3380. The molecule has 254 valence electrons. The Balaban J connectivity index is 1.11. The van der Waals surface area contributed by atoms with Gasteiger partial charge in [0.1, 0.15) is 0 Å². The fourth-order valence-corrected chi connectivity index (χ4v) is 8.94. The lowest BCUT2D eigenvalue weighted by atomic mass is 9.99. The Kier molecular flexibility index (Phi) is 6.31. The highest BCUT2D eigenvalue weighted by atomic mass is 15.0. The molecule has 0 aliphatic heterocycles. The molecule has 11 aromatic rings. The van der Waals surface area contributed by atoms with Crippen LogP contribution in [0.15, 0.2) is 182 Å². The Morgan fingerprint density at radius 2 is 0.964 bits per heavy atom. The van der Waals surface area contributed by atoms with Crippen molar-refractivity contribution < 1.29 is 0 Å². The van der Waals surface area contributed by atoms with Crippen LogP contribution in [0.25, 0.3) is 116 Å². The number of aromatic nitrogens is 4. The minimum atomic E-state index is 0.643. The second kappa shape index (κ2) is 11.5. The van der Waals surface area contributed by atoms with Crippen molar-refractivity contribution in [1.29, 1.82) is 0 Å². The Hall–Kier alpha value is -7.43. The van der Waals surface area contributed by atoms with Gasteiger partial charge in [0.2, 0.25) is 0 Å². The first-order chi connectivity index (χ1) is 27.3. The Morgan fingerprint density at radius 1 is 0.327 bits per heavy atom. The molecule has 0 spiro atoms. The fraction of sp³-hybridized carbons (Fsp3) is 0. The molecule has 0 bridgehead atoms. The van der Waals surface area contributed by atoms with Gasteiger partial charge in [-0.25, -0.2) is 15.0 Å². The third-order valence-electron chi connectivity index (χ3n) is 11.4. The summed E-state index contributed by atoms with van der Waals surface area (Å²) in [7, 11) is 0. The van der Waals surface area contributed by atoms with Crippen LogP contribution in [-0.4, -0.2) is 19.5 Å². The molecule has 0 amide bonds. The van der Waals surface area contributed by atoms with Crippen LogP contribution in [0.3, 0.4) is 0 Å². The molecule has 0 unspecified atom stereocenters. The highest BCUT2D eigenvalue weighted by molar-refractivity contribution is 6.20. The van der Waals surface area contributed by atoms with Crippen molar-refractivity contribution in [2.45, 2.75) is 0 Å². The molecule has 0 radical (unpaired) electrons. The van der Waals surface area contributed by atoms with Crippen molar-refractivity contribution in [3.63, 3.8) is 0 Å². The zero-order valence-electron chi connectivity index (χ0n) is 29.6. The molecule has 1 aliphatic rings. The van der Waals surface area contributed by atoms with E-state index in [9.17, 15) is 0 Å². The van der Waals surface area contributed by atoms with Gasteiger partial charge in [-0.2, -0.15) is 0 Å². The number of rotatable bonds is 4. The quantitative estimate of drug-likeness (QED) is 0.184. The van der Waals surface area contributed by atoms with Gasteiger partial charge >= 0.3 is 0 Å². The topological polar surface area (TPSA) is 43.6 Å². The average molecular weight is 699 g/mol. The van der Waals surface area contributed by atoms with Gasteiger partial charge in [0.15, 0.2) is 17.5 Å². The second-order valence-corrected chi connectivity index (χ2v) is 14.4. The molecule has 0 saturated heterocycles. The van der Waals surface area contributed by atoms with Crippen LogP contribution in [0, 0.1) is 0 Å². The van der Waals surface area contributed by atoms with Gasteiger partial charge < -0.3 is 4.57 Å². The highest BCUT2D eigenvalue weighted by Crippen LogP contribution is 2.48. The zero-order chi connectivity index (χ0) is 36.0. The predicted octanol–water partition coefficient (Wildman–Crippen LogP) is 13.1. The largest absolute Gasteiger partial charge is 0.308 e. The molecule has 2 aromatic heterocycles. The first-order valence-corrected chi connectivity index (χ1v) is 18.7. The van der Waals surface area contributed by atoms with Crippen LogP contribution in [-0.2, 0) is 0 Å². The van der Waals surface area contributed by atoms with Gasteiger partial charge in [0.05, 0.1) is 16.7 Å². The molecule has 1 aliphatic carbocycles. The summed E-state index contributed by atoms with van der Waals surface area (Å²) >= 11 is 0. The average Bonchev–Trinajstić information content (AvgIpc) is 3.77. The monoisotopic (exact) mass is 698 g/mol. The van der Waals surface area contributed by atoms with Crippen LogP contribution < -0.4 is 0 Å². The maximum absolute atomic E-state index is 5.31. The summed E-state index contributed by atoms with van der Waals surface area (Å²) in [6.45, 7) is 0. The molecule has 2 heterocycles. The van der Waals surface area contributed by atoms with E-state index in [1.807, 2.05) is 18.2 Å². The normalized spacial score (nSPS) is 12.0. The first kappa shape index (κ1) is 30.1. The Labute approximate surface area is 316 Å². The lowest BCUT2D eigenvalue weighted by Crippen LogP contribution is -2.02. The van der Waals surface area contributed by atoms with E-state index in [-0.39, 0.29) is 0 Å². The summed E-state index contributed by atoms with van der Waals surface area (Å²) in [5.41, 5.74) is 11.4. The maximum atomic E-state index is 5.31. The third-order valence-corrected chi connectivity index (χ3v) is 11.4. The Morgan fingerprint density at radius 3 is 1.82 bits per heavy atom. The summed E-state index contributed by atoms with van der Waals surface area (Å²) in [5, 5.41) is 9.60.